The van der Waals surface area contributed by atoms with Crippen LogP contribution in [0.2, 0.25) is 0 Å². The fourth-order valence-electron chi connectivity index (χ4n) is 2.83. The first-order valence-corrected chi connectivity index (χ1v) is 10.8. The largest absolute Gasteiger partial charge is 0.508 e. The molecule has 0 amide bonds. The second-order valence-electron chi connectivity index (χ2n) is 6.66. The Kier molecular flexibility index (Phi) is 12.3. The number of hydrogen-bond acceptors (Lipinski definition) is 5. The molecule has 31 heavy (non-hydrogen) atoms. The molecule has 0 saturated carbocycles. The number of nitrogens with zero attached hydrogens (tertiary/aromatic N) is 1. The fraction of sp³-hybridized carbons (Fsp3) is 0.375. The number of nitrogens with one attached hydrogen (secondary N) is 4. The lowest BCUT2D eigenvalue weighted by molar-refractivity contribution is -0.453. The first-order valence-electron chi connectivity index (χ1n) is 10.8. The van der Waals surface area contributed by atoms with Crippen molar-refractivity contribution in [3.8, 4) is 5.75 Å². The number of aromatic hydroxyl groups is 1. The standard InChI is InChI=1S/C22H31N5O2.C2H6/c1-4-27(16-23-3)12-5-10-24-18-6-8-19(9-7-18)26-21-14-17(2)22(29)15-20(21)25-11-13-28;1-2/h4,6-9,14-16,24-26,28-29H,1,5,10-13H2,2-3H3;1-2H3/p+1. The summed E-state index contributed by atoms with van der Waals surface area (Å²) in [5.41, 5.74) is 4.37. The van der Waals surface area contributed by atoms with Crippen molar-refractivity contribution in [3.05, 3.63) is 54.7 Å². The molecular formula is C24H38N5O2+. The van der Waals surface area contributed by atoms with Crippen molar-refractivity contribution in [1.29, 1.82) is 0 Å². The maximum absolute atomic E-state index is 9.96. The lowest BCUT2D eigenvalue weighted by Crippen LogP contribution is -2.18. The molecule has 0 atom stereocenters. The first-order chi connectivity index (χ1) is 15.1. The van der Waals surface area contributed by atoms with E-state index in [1.807, 2.05) is 69.1 Å². The van der Waals surface area contributed by atoms with Crippen molar-refractivity contribution in [2.45, 2.75) is 27.2 Å². The van der Waals surface area contributed by atoms with Gasteiger partial charge in [-0.05, 0) is 42.8 Å². The highest BCUT2D eigenvalue weighted by atomic mass is 16.3. The van der Waals surface area contributed by atoms with Crippen LogP contribution in [0.1, 0.15) is 25.8 Å². The van der Waals surface area contributed by atoms with Crippen LogP contribution in [0.15, 0.2) is 49.2 Å². The molecule has 2 rings (SSSR count). The second kappa shape index (κ2) is 14.7. The summed E-state index contributed by atoms with van der Waals surface area (Å²) in [7, 11) is 1.87. The normalized spacial score (nSPS) is 10.5. The number of anilines is 4. The minimum absolute atomic E-state index is 0.0198. The number of rotatable bonds is 12. The number of phenolic OH excluding ortho intramolecular Hbond substituents is 1. The van der Waals surface area contributed by atoms with Crippen LogP contribution in [0.4, 0.5) is 22.7 Å². The molecule has 0 fully saturated rings. The Balaban J connectivity index is 0.00000233. The Bertz CT molecular complexity index is 819. The zero-order valence-corrected chi connectivity index (χ0v) is 19.2. The topological polar surface area (TPSA) is 91.6 Å². The fourth-order valence-corrected chi connectivity index (χ4v) is 2.83. The Hall–Kier alpha value is -3.19. The molecule has 170 valence electrons. The molecule has 0 unspecified atom stereocenters. The highest BCUT2D eigenvalue weighted by molar-refractivity contribution is 5.77. The van der Waals surface area contributed by atoms with Gasteiger partial charge in [-0.15, -0.1) is 0 Å². The molecule has 7 nitrogen and oxygen atoms in total. The zero-order chi connectivity index (χ0) is 23.1. The minimum atomic E-state index is 0.0198. The van der Waals surface area contributed by atoms with Crippen LogP contribution in [-0.2, 0) is 0 Å². The highest BCUT2D eigenvalue weighted by Gasteiger charge is 2.07. The molecule has 2 aromatic carbocycles. The average molecular weight is 429 g/mol. The first kappa shape index (κ1) is 25.8. The molecule has 0 spiro atoms. The van der Waals surface area contributed by atoms with E-state index in [9.17, 15) is 5.11 Å². The summed E-state index contributed by atoms with van der Waals surface area (Å²) in [6, 6.07) is 11.6. The average Bonchev–Trinajstić information content (AvgIpc) is 2.79. The number of aryl methyl sites for hydroxylation is 1. The monoisotopic (exact) mass is 428 g/mol. The van der Waals surface area contributed by atoms with Crippen LogP contribution in [-0.4, -0.2) is 54.4 Å². The van der Waals surface area contributed by atoms with E-state index in [1.165, 1.54) is 0 Å². The lowest BCUT2D eigenvalue weighted by atomic mass is 10.1. The van der Waals surface area contributed by atoms with Crippen LogP contribution in [0.5, 0.6) is 5.75 Å². The molecule has 2 aromatic rings. The molecule has 0 radical (unpaired) electrons. The summed E-state index contributed by atoms with van der Waals surface area (Å²) >= 11 is 0. The number of phenols is 1. The van der Waals surface area contributed by atoms with Gasteiger partial charge < -0.3 is 26.2 Å². The summed E-state index contributed by atoms with van der Waals surface area (Å²) in [4.78, 5) is 0. The van der Waals surface area contributed by atoms with Gasteiger partial charge >= 0.3 is 0 Å². The molecule has 0 heterocycles. The molecule has 0 aliphatic heterocycles. The maximum atomic E-state index is 9.96. The predicted molar refractivity (Wildman–Crippen MR) is 133 cm³/mol. The van der Waals surface area contributed by atoms with Crippen LogP contribution in [0.3, 0.4) is 0 Å². The van der Waals surface area contributed by atoms with Gasteiger partial charge in [-0.1, -0.05) is 20.4 Å². The predicted octanol–water partition coefficient (Wildman–Crippen LogP) is 4.08. The van der Waals surface area contributed by atoms with Gasteiger partial charge in [0, 0.05) is 37.0 Å². The molecular weight excluding hydrogens is 390 g/mol. The van der Waals surface area contributed by atoms with Crippen LogP contribution >= 0.6 is 0 Å². The van der Waals surface area contributed by atoms with Crippen molar-refractivity contribution in [2.24, 2.45) is 0 Å². The van der Waals surface area contributed by atoms with E-state index in [2.05, 4.69) is 27.8 Å². The Morgan fingerprint density at radius 3 is 2.29 bits per heavy atom. The van der Waals surface area contributed by atoms with Gasteiger partial charge in [-0.2, -0.15) is 0 Å². The summed E-state index contributed by atoms with van der Waals surface area (Å²) in [6.45, 7) is 11.8. The molecule has 7 heteroatoms. The van der Waals surface area contributed by atoms with Gasteiger partial charge in [-0.3, -0.25) is 5.32 Å². The number of aliphatic hydroxyl groups is 1. The van der Waals surface area contributed by atoms with E-state index in [0.29, 0.717) is 6.54 Å². The molecule has 0 aliphatic carbocycles. The van der Waals surface area contributed by atoms with Gasteiger partial charge in [0.15, 0.2) is 0 Å². The summed E-state index contributed by atoms with van der Waals surface area (Å²) < 4.78 is 2.01. The van der Waals surface area contributed by atoms with E-state index in [-0.39, 0.29) is 12.4 Å². The summed E-state index contributed by atoms with van der Waals surface area (Å²) in [6.07, 6.45) is 4.67. The van der Waals surface area contributed by atoms with E-state index in [4.69, 9.17) is 5.11 Å². The second-order valence-corrected chi connectivity index (χ2v) is 6.66. The lowest BCUT2D eigenvalue weighted by Gasteiger charge is -2.16. The summed E-state index contributed by atoms with van der Waals surface area (Å²) in [5.74, 6) is 0.220. The zero-order valence-electron chi connectivity index (χ0n) is 19.2. The van der Waals surface area contributed by atoms with Crippen molar-refractivity contribution in [2.75, 3.05) is 49.2 Å². The van der Waals surface area contributed by atoms with E-state index in [0.717, 1.165) is 47.8 Å². The van der Waals surface area contributed by atoms with Crippen molar-refractivity contribution in [3.63, 3.8) is 0 Å². The third-order valence-electron chi connectivity index (χ3n) is 4.38. The minimum Gasteiger partial charge on any atom is -0.508 e. The van der Waals surface area contributed by atoms with Gasteiger partial charge in [-0.25, -0.2) is 4.58 Å². The van der Waals surface area contributed by atoms with Gasteiger partial charge in [0.1, 0.15) is 5.75 Å². The Morgan fingerprint density at radius 1 is 1.00 bits per heavy atom. The quantitative estimate of drug-likeness (QED) is 0.100. The molecule has 0 bridgehead atoms. The maximum Gasteiger partial charge on any atom is 0.236 e. The number of hydrogen-bond donors (Lipinski definition) is 6. The SMILES string of the molecule is C=C[N+](=CNC)CCCNc1ccc(Nc2cc(C)c(O)cc2NCCO)cc1.CC. The van der Waals surface area contributed by atoms with Gasteiger partial charge in [0.25, 0.3) is 0 Å². The highest BCUT2D eigenvalue weighted by Crippen LogP contribution is 2.32. The smallest absolute Gasteiger partial charge is 0.236 e. The van der Waals surface area contributed by atoms with Crippen LogP contribution in [0, 0.1) is 6.92 Å². The van der Waals surface area contributed by atoms with Crippen molar-refractivity contribution < 1.29 is 14.8 Å². The third kappa shape index (κ3) is 9.00. The molecule has 6 N–H and O–H groups in total. The van der Waals surface area contributed by atoms with Gasteiger partial charge in [0.2, 0.25) is 6.34 Å². The number of benzene rings is 2. The van der Waals surface area contributed by atoms with E-state index >= 15 is 0 Å². The summed E-state index contributed by atoms with van der Waals surface area (Å²) in [5, 5.41) is 31.9. The van der Waals surface area contributed by atoms with Crippen LogP contribution in [0.25, 0.3) is 0 Å². The van der Waals surface area contributed by atoms with E-state index in [1.54, 1.807) is 12.3 Å². The molecule has 0 saturated heterocycles. The van der Waals surface area contributed by atoms with Crippen molar-refractivity contribution >= 4 is 29.1 Å². The Morgan fingerprint density at radius 2 is 1.68 bits per heavy atom. The van der Waals surface area contributed by atoms with Gasteiger partial charge in [0.05, 0.1) is 37.8 Å². The molecule has 0 aliphatic rings. The Labute approximate surface area is 186 Å². The van der Waals surface area contributed by atoms with Crippen molar-refractivity contribution in [1.82, 2.24) is 5.32 Å². The van der Waals surface area contributed by atoms with E-state index < -0.39 is 0 Å². The molecule has 0 aromatic heterocycles. The number of aliphatic hydroxyl groups excluding tert-OH is 1. The third-order valence-corrected chi connectivity index (χ3v) is 4.38. The van der Waals surface area contributed by atoms with Crippen LogP contribution < -0.4 is 21.3 Å².